The minimum Gasteiger partial charge on any atom is -0.493 e. The summed E-state index contributed by atoms with van der Waals surface area (Å²) in [6, 6.07) is 19.2. The lowest BCUT2D eigenvalue weighted by Gasteiger charge is -2.25. The normalized spacial score (nSPS) is 23.4. The van der Waals surface area contributed by atoms with Crippen LogP contribution in [-0.4, -0.2) is 42.9 Å². The lowest BCUT2D eigenvalue weighted by atomic mass is 9.73. The Bertz CT molecular complexity index is 1600. The molecule has 4 aromatic rings. The molecule has 1 aromatic heterocycles. The van der Waals surface area contributed by atoms with Gasteiger partial charge < -0.3 is 23.7 Å². The summed E-state index contributed by atoms with van der Waals surface area (Å²) in [5.74, 6) is 1.72. The number of aryl methyl sites for hydroxylation is 1. The van der Waals surface area contributed by atoms with E-state index in [2.05, 4.69) is 66.3 Å². The van der Waals surface area contributed by atoms with Crippen molar-refractivity contribution >= 4 is 22.5 Å². The van der Waals surface area contributed by atoms with Crippen LogP contribution in [0.2, 0.25) is 0 Å². The highest BCUT2D eigenvalue weighted by Gasteiger charge is 2.58. The second-order valence-electron chi connectivity index (χ2n) is 10.7. The quantitative estimate of drug-likeness (QED) is 0.405. The molecular formula is C31H28N2O4. The summed E-state index contributed by atoms with van der Waals surface area (Å²) in [5.41, 5.74) is 6.63. The van der Waals surface area contributed by atoms with Crippen molar-refractivity contribution in [1.29, 1.82) is 0 Å². The second-order valence-corrected chi connectivity index (χ2v) is 10.7. The fourth-order valence-electron chi connectivity index (χ4n) is 6.83. The highest BCUT2D eigenvalue weighted by Crippen LogP contribution is 2.56. The van der Waals surface area contributed by atoms with E-state index in [9.17, 15) is 4.79 Å². The van der Waals surface area contributed by atoms with Crippen molar-refractivity contribution in [2.75, 3.05) is 31.3 Å². The molecule has 37 heavy (non-hydrogen) atoms. The number of fused-ring (bicyclic) bond motifs is 6. The van der Waals surface area contributed by atoms with Crippen LogP contribution < -0.4 is 14.4 Å². The van der Waals surface area contributed by atoms with Gasteiger partial charge in [0.1, 0.15) is 23.5 Å². The zero-order valence-corrected chi connectivity index (χ0v) is 20.8. The molecular weight excluding hydrogens is 464 g/mol. The first-order chi connectivity index (χ1) is 18.1. The molecule has 3 aromatic carbocycles. The smallest absolute Gasteiger partial charge is 0.245 e. The third-order valence-corrected chi connectivity index (χ3v) is 8.67. The predicted molar refractivity (Wildman–Crippen MR) is 142 cm³/mol. The minimum absolute atomic E-state index is 0.0616. The SMILES string of the molecule is Cn1ccc2cc(-c3cccc4c3C3(COc5cc6c(cc53)CCO6)C(=O)N4CC3CCCO3)ccc21. The van der Waals surface area contributed by atoms with E-state index in [0.717, 1.165) is 70.9 Å². The Morgan fingerprint density at radius 2 is 1.97 bits per heavy atom. The molecule has 0 bridgehead atoms. The summed E-state index contributed by atoms with van der Waals surface area (Å²) in [4.78, 5) is 16.6. The molecule has 6 nitrogen and oxygen atoms in total. The van der Waals surface area contributed by atoms with Gasteiger partial charge >= 0.3 is 0 Å². The molecule has 8 rings (SSSR count). The van der Waals surface area contributed by atoms with Gasteiger partial charge in [0, 0.05) is 60.1 Å². The molecule has 6 heteroatoms. The molecule has 186 valence electrons. The number of nitrogens with zero attached hydrogens (tertiary/aromatic N) is 2. The number of amides is 1. The Balaban J connectivity index is 1.36. The largest absolute Gasteiger partial charge is 0.493 e. The molecule has 0 N–H and O–H groups in total. The van der Waals surface area contributed by atoms with E-state index in [1.165, 1.54) is 10.9 Å². The monoisotopic (exact) mass is 492 g/mol. The number of carbonyl (C=O) groups excluding carboxylic acids is 1. The van der Waals surface area contributed by atoms with Crippen molar-refractivity contribution in [1.82, 2.24) is 4.57 Å². The third kappa shape index (κ3) is 2.87. The van der Waals surface area contributed by atoms with Crippen LogP contribution in [0.25, 0.3) is 22.0 Å². The Morgan fingerprint density at radius 1 is 1.03 bits per heavy atom. The fraction of sp³-hybridized carbons (Fsp3) is 0.323. The molecule has 1 spiro atoms. The maximum absolute atomic E-state index is 14.6. The van der Waals surface area contributed by atoms with Crippen molar-refractivity contribution in [3.8, 4) is 22.6 Å². The molecule has 4 aliphatic rings. The van der Waals surface area contributed by atoms with E-state index in [1.54, 1.807) is 0 Å². The highest BCUT2D eigenvalue weighted by atomic mass is 16.5. The number of ether oxygens (including phenoxy) is 3. The van der Waals surface area contributed by atoms with Crippen molar-refractivity contribution in [2.45, 2.75) is 30.8 Å². The molecule has 2 unspecified atom stereocenters. The van der Waals surface area contributed by atoms with Gasteiger partial charge in [-0.2, -0.15) is 0 Å². The predicted octanol–water partition coefficient (Wildman–Crippen LogP) is 4.98. The average molecular weight is 493 g/mol. The lowest BCUT2D eigenvalue weighted by Crippen LogP contribution is -2.45. The molecule has 1 amide bonds. The van der Waals surface area contributed by atoms with Gasteiger partial charge in [0.2, 0.25) is 5.91 Å². The molecule has 0 radical (unpaired) electrons. The fourth-order valence-corrected chi connectivity index (χ4v) is 6.83. The second kappa shape index (κ2) is 7.62. The van der Waals surface area contributed by atoms with E-state index in [1.807, 2.05) is 11.0 Å². The van der Waals surface area contributed by atoms with Crippen LogP contribution in [-0.2, 0) is 28.4 Å². The Kier molecular flexibility index (Phi) is 4.39. The maximum Gasteiger partial charge on any atom is 0.245 e. The van der Waals surface area contributed by atoms with Gasteiger partial charge in [-0.25, -0.2) is 0 Å². The van der Waals surface area contributed by atoms with Crippen LogP contribution in [0.3, 0.4) is 0 Å². The Morgan fingerprint density at radius 3 is 2.86 bits per heavy atom. The van der Waals surface area contributed by atoms with E-state index < -0.39 is 5.41 Å². The van der Waals surface area contributed by atoms with Gasteiger partial charge in [-0.1, -0.05) is 18.2 Å². The van der Waals surface area contributed by atoms with Gasteiger partial charge in [-0.05, 0) is 59.9 Å². The van der Waals surface area contributed by atoms with Crippen molar-refractivity contribution in [3.63, 3.8) is 0 Å². The summed E-state index contributed by atoms with van der Waals surface area (Å²) >= 11 is 0. The van der Waals surface area contributed by atoms with Crippen LogP contribution in [0.5, 0.6) is 11.5 Å². The van der Waals surface area contributed by atoms with Crippen LogP contribution in [0.4, 0.5) is 5.69 Å². The van der Waals surface area contributed by atoms with Gasteiger partial charge in [-0.3, -0.25) is 4.79 Å². The molecule has 5 heterocycles. The van der Waals surface area contributed by atoms with Gasteiger partial charge in [0.25, 0.3) is 0 Å². The molecule has 2 atom stereocenters. The number of aromatic nitrogens is 1. The van der Waals surface area contributed by atoms with Crippen LogP contribution in [0.15, 0.2) is 60.8 Å². The van der Waals surface area contributed by atoms with Crippen LogP contribution in [0.1, 0.15) is 29.5 Å². The summed E-state index contributed by atoms with van der Waals surface area (Å²) < 4.78 is 20.2. The number of carbonyl (C=O) groups is 1. The summed E-state index contributed by atoms with van der Waals surface area (Å²) in [6.45, 7) is 2.30. The third-order valence-electron chi connectivity index (χ3n) is 8.67. The standard InChI is InChI=1S/C31H28N2O4/c1-32-11-9-20-14-19(7-8-25(20)32)23-5-2-6-26-29(23)31(30(34)33(26)17-22-4-3-12-35-22)18-37-28-16-27-21(10-13-36-27)15-24(28)31/h2,5-9,11,14-16,22H,3-4,10,12-13,17-18H2,1H3. The zero-order valence-electron chi connectivity index (χ0n) is 20.8. The molecule has 1 saturated heterocycles. The zero-order chi connectivity index (χ0) is 24.7. The number of rotatable bonds is 3. The topological polar surface area (TPSA) is 52.9 Å². The Labute approximate surface area is 215 Å². The molecule has 0 saturated carbocycles. The first-order valence-corrected chi connectivity index (χ1v) is 13.2. The Hall–Kier alpha value is -3.77. The summed E-state index contributed by atoms with van der Waals surface area (Å²) in [5, 5.41) is 1.19. The van der Waals surface area contributed by atoms with Crippen molar-refractivity contribution in [2.24, 2.45) is 7.05 Å². The molecule has 0 aliphatic carbocycles. The highest BCUT2D eigenvalue weighted by molar-refractivity contribution is 6.14. The maximum atomic E-state index is 14.6. The van der Waals surface area contributed by atoms with E-state index in [4.69, 9.17) is 14.2 Å². The first kappa shape index (κ1) is 21.3. The lowest BCUT2D eigenvalue weighted by molar-refractivity contribution is -0.122. The van der Waals surface area contributed by atoms with Crippen molar-refractivity contribution in [3.05, 3.63) is 77.5 Å². The number of hydrogen-bond acceptors (Lipinski definition) is 4. The number of hydrogen-bond donors (Lipinski definition) is 0. The molecule has 4 aliphatic heterocycles. The van der Waals surface area contributed by atoms with Crippen LogP contribution in [0, 0.1) is 0 Å². The van der Waals surface area contributed by atoms with E-state index in [0.29, 0.717) is 19.8 Å². The number of benzene rings is 3. The van der Waals surface area contributed by atoms with E-state index in [-0.39, 0.29) is 12.0 Å². The number of anilines is 1. The average Bonchev–Trinajstić information content (AvgIpc) is 3.74. The minimum atomic E-state index is -0.886. The van der Waals surface area contributed by atoms with Crippen molar-refractivity contribution < 1.29 is 19.0 Å². The summed E-state index contributed by atoms with van der Waals surface area (Å²) in [7, 11) is 2.06. The van der Waals surface area contributed by atoms with Crippen LogP contribution >= 0.6 is 0 Å². The van der Waals surface area contributed by atoms with E-state index >= 15 is 0 Å². The van der Waals surface area contributed by atoms with Gasteiger partial charge in [-0.15, -0.1) is 0 Å². The molecule has 1 fully saturated rings. The first-order valence-electron chi connectivity index (χ1n) is 13.2. The van der Waals surface area contributed by atoms with Gasteiger partial charge in [0.05, 0.1) is 19.3 Å². The van der Waals surface area contributed by atoms with Gasteiger partial charge in [0.15, 0.2) is 0 Å². The summed E-state index contributed by atoms with van der Waals surface area (Å²) in [6.07, 6.45) is 5.02.